The number of halogens is 1. The lowest BCUT2D eigenvalue weighted by molar-refractivity contribution is -0.385. The first-order valence-electron chi connectivity index (χ1n) is 6.25. The largest absolute Gasteiger partial charge is 0.311 e. The Bertz CT molecular complexity index is 438. The zero-order chi connectivity index (χ0) is 14.4. The maximum absolute atomic E-state index is 10.9. The molecular weight excluding hydrogens is 266 g/mol. The number of nitrogens with one attached hydrogen (secondary N) is 1. The van der Waals surface area contributed by atoms with Gasteiger partial charge in [0, 0.05) is 42.3 Å². The van der Waals surface area contributed by atoms with Gasteiger partial charge in [-0.1, -0.05) is 11.6 Å². The summed E-state index contributed by atoms with van der Waals surface area (Å²) in [6.45, 7) is 6.37. The number of benzene rings is 1. The van der Waals surface area contributed by atoms with Crippen molar-refractivity contribution in [1.29, 1.82) is 0 Å². The van der Waals surface area contributed by atoms with Crippen LogP contribution in [0.25, 0.3) is 0 Å². The molecule has 1 aromatic carbocycles. The van der Waals surface area contributed by atoms with Crippen LogP contribution in [-0.4, -0.2) is 36.0 Å². The highest BCUT2D eigenvalue weighted by Crippen LogP contribution is 2.22. The molecule has 1 N–H and O–H groups in total. The molecule has 0 amide bonds. The Morgan fingerprint density at radius 1 is 1.47 bits per heavy atom. The summed E-state index contributed by atoms with van der Waals surface area (Å²) in [5, 5.41) is 14.6. The summed E-state index contributed by atoms with van der Waals surface area (Å²) in [5.74, 6) is 0. The highest BCUT2D eigenvalue weighted by atomic mass is 35.5. The van der Waals surface area contributed by atoms with Gasteiger partial charge in [-0.05, 0) is 33.0 Å². The van der Waals surface area contributed by atoms with Gasteiger partial charge in [-0.25, -0.2) is 0 Å². The Hall–Kier alpha value is -1.17. The number of nitro benzene ring substituents is 1. The maximum Gasteiger partial charge on any atom is 0.273 e. The van der Waals surface area contributed by atoms with Crippen molar-refractivity contribution in [2.75, 3.05) is 20.1 Å². The van der Waals surface area contributed by atoms with Gasteiger partial charge in [0.05, 0.1) is 4.92 Å². The van der Waals surface area contributed by atoms with Crippen LogP contribution in [0.5, 0.6) is 0 Å². The molecule has 0 unspecified atom stereocenters. The molecule has 0 aliphatic heterocycles. The van der Waals surface area contributed by atoms with E-state index in [-0.39, 0.29) is 10.6 Å². The average Bonchev–Trinajstić information content (AvgIpc) is 2.33. The first kappa shape index (κ1) is 15.9. The fourth-order valence-corrected chi connectivity index (χ4v) is 1.81. The van der Waals surface area contributed by atoms with Crippen LogP contribution in [0.4, 0.5) is 5.69 Å². The van der Waals surface area contributed by atoms with Crippen LogP contribution in [-0.2, 0) is 6.54 Å². The lowest BCUT2D eigenvalue weighted by atomic mass is 10.2. The van der Waals surface area contributed by atoms with Gasteiger partial charge in [-0.3, -0.25) is 10.1 Å². The minimum atomic E-state index is -0.381. The lowest BCUT2D eigenvalue weighted by Crippen LogP contribution is -2.33. The topological polar surface area (TPSA) is 58.4 Å². The summed E-state index contributed by atoms with van der Waals surface area (Å²) in [7, 11) is 2.05. The molecule has 5 nitrogen and oxygen atoms in total. The molecular formula is C13H20ClN3O2. The van der Waals surface area contributed by atoms with Gasteiger partial charge in [0.15, 0.2) is 0 Å². The van der Waals surface area contributed by atoms with Crippen molar-refractivity contribution < 1.29 is 4.92 Å². The molecule has 0 spiro atoms. The zero-order valence-electron chi connectivity index (χ0n) is 11.5. The van der Waals surface area contributed by atoms with Gasteiger partial charge >= 0.3 is 0 Å². The molecule has 0 radical (unpaired) electrons. The van der Waals surface area contributed by atoms with Crippen LogP contribution in [0.2, 0.25) is 5.02 Å². The van der Waals surface area contributed by atoms with Crippen molar-refractivity contribution in [3.63, 3.8) is 0 Å². The second-order valence-electron chi connectivity index (χ2n) is 4.78. The van der Waals surface area contributed by atoms with E-state index in [9.17, 15) is 10.1 Å². The van der Waals surface area contributed by atoms with E-state index in [0.717, 1.165) is 13.1 Å². The van der Waals surface area contributed by atoms with Crippen LogP contribution in [0, 0.1) is 10.1 Å². The second-order valence-corrected chi connectivity index (χ2v) is 5.22. The molecule has 1 aromatic rings. The monoisotopic (exact) mass is 285 g/mol. The Morgan fingerprint density at radius 2 is 2.16 bits per heavy atom. The van der Waals surface area contributed by atoms with Gasteiger partial charge in [0.2, 0.25) is 0 Å². The predicted molar refractivity (Wildman–Crippen MR) is 77.6 cm³/mol. The summed E-state index contributed by atoms with van der Waals surface area (Å²) < 4.78 is 0. The average molecular weight is 286 g/mol. The van der Waals surface area contributed by atoms with Gasteiger partial charge in [0.1, 0.15) is 0 Å². The highest BCUT2D eigenvalue weighted by molar-refractivity contribution is 6.30. The van der Waals surface area contributed by atoms with Crippen molar-refractivity contribution in [2.45, 2.75) is 26.4 Å². The van der Waals surface area contributed by atoms with E-state index in [0.29, 0.717) is 23.2 Å². The molecule has 0 aromatic heterocycles. The Kier molecular flexibility index (Phi) is 6.21. The molecule has 106 valence electrons. The number of nitro groups is 1. The Morgan fingerprint density at radius 3 is 2.74 bits per heavy atom. The number of hydrogen-bond donors (Lipinski definition) is 1. The molecule has 0 bridgehead atoms. The summed E-state index contributed by atoms with van der Waals surface area (Å²) in [6.07, 6.45) is 0. The Balaban J connectivity index is 2.53. The minimum absolute atomic E-state index is 0.106. The first-order chi connectivity index (χ1) is 8.91. The Labute approximate surface area is 118 Å². The second kappa shape index (κ2) is 7.43. The minimum Gasteiger partial charge on any atom is -0.311 e. The highest BCUT2D eigenvalue weighted by Gasteiger charge is 2.13. The molecule has 1 rings (SSSR count). The predicted octanol–water partition coefficient (Wildman–Crippen LogP) is 2.68. The van der Waals surface area contributed by atoms with Gasteiger partial charge in [-0.15, -0.1) is 0 Å². The quantitative estimate of drug-likeness (QED) is 0.475. The summed E-state index contributed by atoms with van der Waals surface area (Å²) >= 11 is 5.87. The summed E-state index contributed by atoms with van der Waals surface area (Å²) in [4.78, 5) is 12.7. The van der Waals surface area contributed by atoms with Gasteiger partial charge < -0.3 is 10.2 Å². The van der Waals surface area contributed by atoms with Crippen molar-refractivity contribution in [3.05, 3.63) is 38.9 Å². The zero-order valence-corrected chi connectivity index (χ0v) is 12.3. The number of hydrogen-bond acceptors (Lipinski definition) is 4. The summed E-state index contributed by atoms with van der Waals surface area (Å²) in [5.41, 5.74) is 0.721. The maximum atomic E-state index is 10.9. The van der Waals surface area contributed by atoms with Gasteiger partial charge in [-0.2, -0.15) is 0 Å². The van der Waals surface area contributed by atoms with E-state index in [1.165, 1.54) is 12.1 Å². The molecule has 0 saturated carbocycles. The molecule has 6 heteroatoms. The number of likely N-dealkylation sites (N-methyl/N-ethyl adjacent to an activating group) is 1. The molecule has 0 atom stereocenters. The van der Waals surface area contributed by atoms with Crippen LogP contribution >= 0.6 is 11.6 Å². The number of nitrogens with zero attached hydrogens (tertiary/aromatic N) is 2. The van der Waals surface area contributed by atoms with E-state index in [2.05, 4.69) is 24.1 Å². The fraction of sp³-hybridized carbons (Fsp3) is 0.538. The lowest BCUT2D eigenvalue weighted by Gasteiger charge is -2.20. The molecule has 0 aliphatic carbocycles. The fourth-order valence-electron chi connectivity index (χ4n) is 1.61. The van der Waals surface area contributed by atoms with E-state index < -0.39 is 0 Å². The SMILES string of the molecule is CC(C)N(C)CCNCc1cc(Cl)ccc1[N+](=O)[O-]. The normalized spacial score (nSPS) is 11.3. The molecule has 0 aliphatic rings. The smallest absolute Gasteiger partial charge is 0.273 e. The van der Waals surface area contributed by atoms with Crippen LogP contribution in [0.15, 0.2) is 18.2 Å². The summed E-state index contributed by atoms with van der Waals surface area (Å²) in [6, 6.07) is 5.11. The van der Waals surface area contributed by atoms with Crippen molar-refractivity contribution >= 4 is 17.3 Å². The van der Waals surface area contributed by atoms with Crippen LogP contribution in [0.1, 0.15) is 19.4 Å². The van der Waals surface area contributed by atoms with Crippen molar-refractivity contribution in [3.8, 4) is 0 Å². The third kappa shape index (κ3) is 5.14. The van der Waals surface area contributed by atoms with E-state index in [1.54, 1.807) is 6.07 Å². The van der Waals surface area contributed by atoms with E-state index in [4.69, 9.17) is 11.6 Å². The standard InChI is InChI=1S/C13H20ClN3O2/c1-10(2)16(3)7-6-15-9-11-8-12(14)4-5-13(11)17(18)19/h4-5,8,10,15H,6-7,9H2,1-3H3. The number of rotatable bonds is 7. The van der Waals surface area contributed by atoms with Crippen molar-refractivity contribution in [2.24, 2.45) is 0 Å². The molecule has 0 fully saturated rings. The molecule has 19 heavy (non-hydrogen) atoms. The van der Waals surface area contributed by atoms with Gasteiger partial charge in [0.25, 0.3) is 5.69 Å². The van der Waals surface area contributed by atoms with Crippen molar-refractivity contribution in [1.82, 2.24) is 10.2 Å². The van der Waals surface area contributed by atoms with E-state index in [1.807, 2.05) is 7.05 Å². The third-order valence-electron chi connectivity index (χ3n) is 3.08. The van der Waals surface area contributed by atoms with E-state index >= 15 is 0 Å². The molecule has 0 heterocycles. The third-order valence-corrected chi connectivity index (χ3v) is 3.31. The first-order valence-corrected chi connectivity index (χ1v) is 6.63. The van der Waals surface area contributed by atoms with Crippen LogP contribution < -0.4 is 5.32 Å². The van der Waals surface area contributed by atoms with Crippen LogP contribution in [0.3, 0.4) is 0 Å². The molecule has 0 saturated heterocycles.